The maximum atomic E-state index is 12.5. The van der Waals surface area contributed by atoms with E-state index in [1.54, 1.807) is 6.07 Å². The number of benzene rings is 1. The van der Waals surface area contributed by atoms with Crippen molar-refractivity contribution in [1.82, 2.24) is 4.90 Å². The van der Waals surface area contributed by atoms with Crippen LogP contribution in [0.1, 0.15) is 44.2 Å². The molecule has 0 saturated carbocycles. The van der Waals surface area contributed by atoms with Crippen molar-refractivity contribution < 1.29 is 19.7 Å². The number of nitrogens with zero attached hydrogens (tertiary/aromatic N) is 1. The number of rotatable bonds is 6. The van der Waals surface area contributed by atoms with Crippen molar-refractivity contribution in [1.29, 1.82) is 0 Å². The summed E-state index contributed by atoms with van der Waals surface area (Å²) in [5, 5.41) is 22.1. The lowest BCUT2D eigenvalue weighted by Crippen LogP contribution is -2.70. The van der Waals surface area contributed by atoms with E-state index >= 15 is 0 Å². The summed E-state index contributed by atoms with van der Waals surface area (Å²) in [6.07, 6.45) is 3.81. The summed E-state index contributed by atoms with van der Waals surface area (Å²) in [5.41, 5.74) is -0.0390. The third kappa shape index (κ3) is 2.57. The predicted molar refractivity (Wildman–Crippen MR) is 101 cm³/mol. The van der Waals surface area contributed by atoms with Crippen molar-refractivity contribution in [3.8, 4) is 11.5 Å². The molecule has 2 N–H and O–H groups in total. The highest BCUT2D eigenvalue weighted by atomic mass is 16.5. The van der Waals surface area contributed by atoms with E-state index in [2.05, 4.69) is 11.5 Å². The minimum atomic E-state index is -1.12. The van der Waals surface area contributed by atoms with Crippen LogP contribution >= 0.6 is 0 Å². The second kappa shape index (κ2) is 6.71. The summed E-state index contributed by atoms with van der Waals surface area (Å²) in [6.45, 7) is 8.99. The van der Waals surface area contributed by atoms with Gasteiger partial charge in [-0.1, -0.05) is 19.1 Å². The number of piperidine rings is 1. The summed E-state index contributed by atoms with van der Waals surface area (Å²) in [5.74, 6) is 0.555. The van der Waals surface area contributed by atoms with E-state index in [-0.39, 0.29) is 24.0 Å². The second-order valence-electron chi connectivity index (χ2n) is 7.70. The number of likely N-dealkylation sites (tertiary alicyclic amines) is 1. The Labute approximate surface area is 155 Å². The van der Waals surface area contributed by atoms with Crippen LogP contribution in [0.3, 0.4) is 0 Å². The van der Waals surface area contributed by atoms with Gasteiger partial charge in [-0.15, -0.1) is 6.58 Å². The van der Waals surface area contributed by atoms with E-state index in [1.165, 1.54) is 7.11 Å². The van der Waals surface area contributed by atoms with Crippen LogP contribution in [-0.4, -0.2) is 52.7 Å². The fraction of sp³-hybridized carbons (Fsp3) is 0.571. The number of phenolic OH excluding ortho intramolecular Hbond substituents is 1. The van der Waals surface area contributed by atoms with Gasteiger partial charge in [0.25, 0.3) is 0 Å². The average molecular weight is 359 g/mol. The highest BCUT2D eigenvalue weighted by Crippen LogP contribution is 2.57. The van der Waals surface area contributed by atoms with E-state index in [9.17, 15) is 15.0 Å². The number of aliphatic hydroxyl groups is 1. The van der Waals surface area contributed by atoms with Gasteiger partial charge in [-0.2, -0.15) is 0 Å². The Bertz CT molecular complexity index is 727. The molecule has 5 heteroatoms. The topological polar surface area (TPSA) is 70.0 Å². The first-order valence-corrected chi connectivity index (χ1v) is 9.30. The second-order valence-corrected chi connectivity index (χ2v) is 7.70. The minimum absolute atomic E-state index is 0.0531. The molecular weight excluding hydrogens is 330 g/mol. The number of aromatic hydroxyl groups is 1. The molecule has 0 unspecified atom stereocenters. The molecule has 3 rings (SSSR count). The largest absolute Gasteiger partial charge is 0.504 e. The van der Waals surface area contributed by atoms with Crippen LogP contribution in [0.25, 0.3) is 0 Å². The van der Waals surface area contributed by atoms with Crippen LogP contribution in [0.4, 0.5) is 0 Å². The standard InChI is InChI=1S/C21H29NO4/c1-5-10-22-11-9-21(13-15(23)6-2)18-14(12-17(22)20(21,3)25)7-8-16(24)19(18)26-4/h5,7-8,17,24-25H,1,6,9-13H2,2-4H3/t17-,20-,21-/m1/s1. The van der Waals surface area contributed by atoms with Crippen LogP contribution in [0.15, 0.2) is 24.8 Å². The smallest absolute Gasteiger partial charge is 0.164 e. The Morgan fingerprint density at radius 2 is 2.23 bits per heavy atom. The highest BCUT2D eigenvalue weighted by molar-refractivity contribution is 5.81. The fourth-order valence-electron chi connectivity index (χ4n) is 5.05. The molecule has 3 atom stereocenters. The molecule has 0 radical (unpaired) electrons. The summed E-state index contributed by atoms with van der Waals surface area (Å²) in [6, 6.07) is 3.43. The molecule has 142 valence electrons. The molecule has 1 aromatic carbocycles. The number of hydrogen-bond acceptors (Lipinski definition) is 5. The van der Waals surface area contributed by atoms with E-state index < -0.39 is 11.0 Å². The number of ether oxygens (including phenoxy) is 1. The van der Waals surface area contributed by atoms with Gasteiger partial charge < -0.3 is 14.9 Å². The van der Waals surface area contributed by atoms with Crippen LogP contribution in [0.2, 0.25) is 0 Å². The number of carbonyl (C=O) groups is 1. The molecular formula is C21H29NO4. The van der Waals surface area contributed by atoms with Gasteiger partial charge in [0.1, 0.15) is 5.78 Å². The maximum Gasteiger partial charge on any atom is 0.164 e. The molecule has 1 aliphatic carbocycles. The molecule has 2 bridgehead atoms. The SMILES string of the molecule is C=CCN1CC[C@@]2(CC(=O)CC)c3c(ccc(O)c3OC)C[C@@H]1[C@@]2(C)O. The number of methoxy groups -OCH3 is 1. The van der Waals surface area contributed by atoms with E-state index in [1.807, 2.05) is 26.0 Å². The molecule has 1 fully saturated rings. The molecule has 0 spiro atoms. The third-order valence-electron chi connectivity index (χ3n) is 6.46. The normalized spacial score (nSPS) is 30.5. The van der Waals surface area contributed by atoms with Crippen molar-refractivity contribution in [2.24, 2.45) is 0 Å². The van der Waals surface area contributed by atoms with Crippen molar-refractivity contribution >= 4 is 5.78 Å². The molecule has 0 amide bonds. The highest BCUT2D eigenvalue weighted by Gasteiger charge is 2.61. The van der Waals surface area contributed by atoms with Crippen LogP contribution in [-0.2, 0) is 16.6 Å². The van der Waals surface area contributed by atoms with E-state index in [4.69, 9.17) is 4.74 Å². The Hall–Kier alpha value is -1.85. The Morgan fingerprint density at radius 1 is 1.50 bits per heavy atom. The zero-order valence-corrected chi connectivity index (χ0v) is 15.9. The van der Waals surface area contributed by atoms with Gasteiger partial charge in [-0.3, -0.25) is 9.69 Å². The first-order valence-electron chi connectivity index (χ1n) is 9.30. The maximum absolute atomic E-state index is 12.5. The lowest BCUT2D eigenvalue weighted by Gasteiger charge is -2.60. The third-order valence-corrected chi connectivity index (χ3v) is 6.46. The predicted octanol–water partition coefficient (Wildman–Crippen LogP) is 2.58. The molecule has 1 aliphatic heterocycles. The number of phenols is 1. The summed E-state index contributed by atoms with van der Waals surface area (Å²) >= 11 is 0. The van der Waals surface area contributed by atoms with Gasteiger partial charge in [0, 0.05) is 36.4 Å². The van der Waals surface area contributed by atoms with Gasteiger partial charge in [-0.25, -0.2) is 0 Å². The summed E-state index contributed by atoms with van der Waals surface area (Å²) < 4.78 is 5.54. The van der Waals surface area contributed by atoms with Crippen molar-refractivity contribution in [2.45, 2.75) is 56.6 Å². The average Bonchev–Trinajstić information content (AvgIpc) is 2.60. The first-order chi connectivity index (χ1) is 12.3. The van der Waals surface area contributed by atoms with Crippen molar-refractivity contribution in [3.63, 3.8) is 0 Å². The lowest BCUT2D eigenvalue weighted by atomic mass is 9.53. The van der Waals surface area contributed by atoms with Gasteiger partial charge in [-0.05, 0) is 37.9 Å². The molecule has 1 heterocycles. The van der Waals surface area contributed by atoms with Gasteiger partial charge in [0.15, 0.2) is 11.5 Å². The molecule has 1 saturated heterocycles. The van der Waals surface area contributed by atoms with Crippen molar-refractivity contribution in [3.05, 3.63) is 35.9 Å². The molecule has 1 aromatic rings. The number of ketones is 1. The number of fused-ring (bicyclic) bond motifs is 4. The lowest BCUT2D eigenvalue weighted by molar-refractivity contribution is -0.146. The zero-order chi connectivity index (χ0) is 19.1. The Kier molecular flexibility index (Phi) is 4.88. The quantitative estimate of drug-likeness (QED) is 0.764. The number of hydrogen-bond donors (Lipinski definition) is 2. The molecule has 26 heavy (non-hydrogen) atoms. The summed E-state index contributed by atoms with van der Waals surface area (Å²) in [7, 11) is 1.53. The molecule has 5 nitrogen and oxygen atoms in total. The molecule has 0 aromatic heterocycles. The Morgan fingerprint density at radius 3 is 2.85 bits per heavy atom. The van der Waals surface area contributed by atoms with Gasteiger partial charge in [0.2, 0.25) is 0 Å². The first kappa shape index (κ1) is 18.9. The summed E-state index contributed by atoms with van der Waals surface area (Å²) in [4.78, 5) is 14.8. The van der Waals surface area contributed by atoms with Crippen LogP contribution in [0, 0.1) is 0 Å². The number of Topliss-reactive ketones (excluding diaryl/α,β-unsaturated/α-hetero) is 1. The van der Waals surface area contributed by atoms with Gasteiger partial charge >= 0.3 is 0 Å². The number of carbonyl (C=O) groups excluding carboxylic acids is 1. The monoisotopic (exact) mass is 359 g/mol. The fourth-order valence-corrected chi connectivity index (χ4v) is 5.05. The van der Waals surface area contributed by atoms with Crippen LogP contribution in [0.5, 0.6) is 11.5 Å². The van der Waals surface area contributed by atoms with Gasteiger partial charge in [0.05, 0.1) is 12.7 Å². The van der Waals surface area contributed by atoms with Crippen LogP contribution < -0.4 is 4.74 Å². The van der Waals surface area contributed by atoms with E-state index in [0.717, 1.165) is 17.7 Å². The molecule has 2 aliphatic rings. The Balaban J connectivity index is 2.25. The van der Waals surface area contributed by atoms with Crippen molar-refractivity contribution in [2.75, 3.05) is 20.2 Å². The minimum Gasteiger partial charge on any atom is -0.504 e. The van der Waals surface area contributed by atoms with E-state index in [0.29, 0.717) is 31.6 Å². The zero-order valence-electron chi connectivity index (χ0n) is 15.9.